The van der Waals surface area contributed by atoms with Crippen LogP contribution in [0.25, 0.3) is 11.3 Å². The molecule has 1 fully saturated rings. The van der Waals surface area contributed by atoms with Crippen molar-refractivity contribution in [2.75, 3.05) is 45.1 Å². The zero-order chi connectivity index (χ0) is 16.5. The maximum absolute atomic E-state index is 5.52. The number of fused-ring (bicyclic) bond motifs is 1. The molecule has 0 radical (unpaired) electrons. The first kappa shape index (κ1) is 15.0. The van der Waals surface area contributed by atoms with E-state index in [0.29, 0.717) is 36.4 Å². The summed E-state index contributed by atoms with van der Waals surface area (Å²) in [6.07, 6.45) is 0. The monoisotopic (exact) mass is 329 g/mol. The molecule has 0 unspecified atom stereocenters. The molecule has 3 heterocycles. The molecule has 1 aromatic heterocycles. The number of methoxy groups -OCH3 is 1. The van der Waals surface area contributed by atoms with E-state index in [4.69, 9.17) is 23.9 Å². The van der Waals surface area contributed by atoms with Crippen molar-refractivity contribution in [1.82, 2.24) is 9.97 Å². The smallest absolute Gasteiger partial charge is 0.231 e. The normalized spacial score (nSPS) is 16.3. The number of hydrogen-bond acceptors (Lipinski definition) is 7. The van der Waals surface area contributed by atoms with Crippen LogP contribution in [-0.4, -0.2) is 50.2 Å². The maximum Gasteiger partial charge on any atom is 0.231 e. The van der Waals surface area contributed by atoms with Gasteiger partial charge in [-0.3, -0.25) is 0 Å². The highest BCUT2D eigenvalue weighted by Crippen LogP contribution is 2.42. The number of anilines is 1. The van der Waals surface area contributed by atoms with Crippen molar-refractivity contribution in [3.8, 4) is 28.5 Å². The summed E-state index contributed by atoms with van der Waals surface area (Å²) >= 11 is 0. The minimum atomic E-state index is 0.226. The molecule has 0 spiro atoms. The molecule has 1 saturated heterocycles. The number of benzene rings is 1. The Morgan fingerprint density at radius 1 is 1.04 bits per heavy atom. The third-order valence-electron chi connectivity index (χ3n) is 4.11. The van der Waals surface area contributed by atoms with Gasteiger partial charge in [0.25, 0.3) is 0 Å². The summed E-state index contributed by atoms with van der Waals surface area (Å²) in [5, 5.41) is 0. The van der Waals surface area contributed by atoms with E-state index < -0.39 is 0 Å². The van der Waals surface area contributed by atoms with Crippen molar-refractivity contribution in [2.45, 2.75) is 6.92 Å². The standard InChI is InChI=1S/C17H19N3O4/c1-11-7-13(19-17(18-11)20-3-5-22-6-4-20)12-8-15-16(24-10-23-15)9-14(12)21-2/h7-9H,3-6,10H2,1-2H3. The summed E-state index contributed by atoms with van der Waals surface area (Å²) in [6.45, 7) is 5.17. The number of hydrogen-bond donors (Lipinski definition) is 0. The maximum atomic E-state index is 5.52. The highest BCUT2D eigenvalue weighted by Gasteiger charge is 2.21. The second-order valence-electron chi connectivity index (χ2n) is 5.70. The van der Waals surface area contributed by atoms with Crippen LogP contribution in [0.1, 0.15) is 5.69 Å². The molecule has 1 aromatic carbocycles. The van der Waals surface area contributed by atoms with Gasteiger partial charge < -0.3 is 23.8 Å². The van der Waals surface area contributed by atoms with Crippen LogP contribution in [0.15, 0.2) is 18.2 Å². The van der Waals surface area contributed by atoms with E-state index in [9.17, 15) is 0 Å². The van der Waals surface area contributed by atoms with Gasteiger partial charge in [-0.1, -0.05) is 0 Å². The second kappa shape index (κ2) is 6.16. The van der Waals surface area contributed by atoms with Gasteiger partial charge in [0.1, 0.15) is 5.75 Å². The fraction of sp³-hybridized carbons (Fsp3) is 0.412. The van der Waals surface area contributed by atoms with Crippen molar-refractivity contribution in [3.63, 3.8) is 0 Å². The first-order valence-corrected chi connectivity index (χ1v) is 7.91. The molecule has 0 saturated carbocycles. The second-order valence-corrected chi connectivity index (χ2v) is 5.70. The molecule has 0 aliphatic carbocycles. The third-order valence-corrected chi connectivity index (χ3v) is 4.11. The van der Waals surface area contributed by atoms with E-state index in [0.717, 1.165) is 30.0 Å². The highest BCUT2D eigenvalue weighted by molar-refractivity contribution is 5.73. The molecule has 126 valence electrons. The molecular formula is C17H19N3O4. The van der Waals surface area contributed by atoms with Gasteiger partial charge in [0.05, 0.1) is 26.0 Å². The predicted octanol–water partition coefficient (Wildman–Crippen LogP) is 2.03. The molecule has 2 aromatic rings. The van der Waals surface area contributed by atoms with Crippen LogP contribution < -0.4 is 19.1 Å². The lowest BCUT2D eigenvalue weighted by Crippen LogP contribution is -2.37. The Balaban J connectivity index is 1.77. The summed E-state index contributed by atoms with van der Waals surface area (Å²) in [5.74, 6) is 2.81. The average Bonchev–Trinajstić information content (AvgIpc) is 3.08. The number of nitrogens with zero attached hydrogens (tertiary/aromatic N) is 3. The van der Waals surface area contributed by atoms with Crippen LogP contribution >= 0.6 is 0 Å². The molecule has 24 heavy (non-hydrogen) atoms. The zero-order valence-electron chi connectivity index (χ0n) is 13.7. The topological polar surface area (TPSA) is 65.9 Å². The van der Waals surface area contributed by atoms with Gasteiger partial charge in [0.15, 0.2) is 11.5 Å². The van der Waals surface area contributed by atoms with Gasteiger partial charge >= 0.3 is 0 Å². The van der Waals surface area contributed by atoms with Crippen molar-refractivity contribution in [3.05, 3.63) is 23.9 Å². The molecular weight excluding hydrogens is 310 g/mol. The highest BCUT2D eigenvalue weighted by atomic mass is 16.7. The number of aromatic nitrogens is 2. The van der Waals surface area contributed by atoms with Gasteiger partial charge in [-0.2, -0.15) is 0 Å². The summed E-state index contributed by atoms with van der Waals surface area (Å²) in [4.78, 5) is 11.5. The van der Waals surface area contributed by atoms with Crippen LogP contribution in [0, 0.1) is 6.92 Å². The molecule has 0 N–H and O–H groups in total. The Hall–Kier alpha value is -2.54. The Morgan fingerprint density at radius 2 is 1.79 bits per heavy atom. The summed E-state index contributed by atoms with van der Waals surface area (Å²) in [5.41, 5.74) is 2.57. The van der Waals surface area contributed by atoms with Crippen molar-refractivity contribution in [1.29, 1.82) is 0 Å². The van der Waals surface area contributed by atoms with Crippen LogP contribution in [0.4, 0.5) is 5.95 Å². The first-order chi connectivity index (χ1) is 11.7. The number of ether oxygens (including phenoxy) is 4. The molecule has 2 aliphatic rings. The fourth-order valence-corrected chi connectivity index (χ4v) is 2.89. The van der Waals surface area contributed by atoms with Gasteiger partial charge in [-0.15, -0.1) is 0 Å². The lowest BCUT2D eigenvalue weighted by Gasteiger charge is -2.27. The SMILES string of the molecule is COc1cc2c(cc1-c1cc(C)nc(N3CCOCC3)n1)OCO2. The van der Waals surface area contributed by atoms with E-state index in [1.165, 1.54) is 0 Å². The Bertz CT molecular complexity index is 760. The Kier molecular flexibility index (Phi) is 3.86. The lowest BCUT2D eigenvalue weighted by molar-refractivity contribution is 0.122. The lowest BCUT2D eigenvalue weighted by atomic mass is 10.1. The number of rotatable bonds is 3. The third kappa shape index (κ3) is 2.71. The number of aryl methyl sites for hydroxylation is 1. The fourth-order valence-electron chi connectivity index (χ4n) is 2.89. The van der Waals surface area contributed by atoms with Crippen molar-refractivity contribution >= 4 is 5.95 Å². The molecule has 7 nitrogen and oxygen atoms in total. The molecule has 7 heteroatoms. The quantitative estimate of drug-likeness (QED) is 0.853. The number of morpholine rings is 1. The van der Waals surface area contributed by atoms with E-state index in [1.54, 1.807) is 7.11 Å². The van der Waals surface area contributed by atoms with Crippen LogP contribution in [0.2, 0.25) is 0 Å². The molecule has 2 aliphatic heterocycles. The average molecular weight is 329 g/mol. The zero-order valence-corrected chi connectivity index (χ0v) is 13.7. The molecule has 0 amide bonds. The van der Waals surface area contributed by atoms with Gasteiger partial charge in [0.2, 0.25) is 12.7 Å². The van der Waals surface area contributed by atoms with Crippen LogP contribution in [0.3, 0.4) is 0 Å². The van der Waals surface area contributed by atoms with Crippen molar-refractivity contribution < 1.29 is 18.9 Å². The van der Waals surface area contributed by atoms with E-state index in [-0.39, 0.29) is 6.79 Å². The largest absolute Gasteiger partial charge is 0.496 e. The van der Waals surface area contributed by atoms with E-state index in [2.05, 4.69) is 9.88 Å². The predicted molar refractivity (Wildman–Crippen MR) is 87.9 cm³/mol. The summed E-state index contributed by atoms with van der Waals surface area (Å²) in [6, 6.07) is 5.69. The Labute approximate surface area is 140 Å². The van der Waals surface area contributed by atoms with Crippen LogP contribution in [-0.2, 0) is 4.74 Å². The minimum Gasteiger partial charge on any atom is -0.496 e. The summed E-state index contributed by atoms with van der Waals surface area (Å²) in [7, 11) is 1.64. The van der Waals surface area contributed by atoms with Gasteiger partial charge in [-0.25, -0.2) is 9.97 Å². The molecule has 0 atom stereocenters. The molecule has 4 rings (SSSR count). The van der Waals surface area contributed by atoms with E-state index >= 15 is 0 Å². The minimum absolute atomic E-state index is 0.226. The van der Waals surface area contributed by atoms with Crippen LogP contribution in [0.5, 0.6) is 17.2 Å². The van der Waals surface area contributed by atoms with Gasteiger partial charge in [0, 0.05) is 30.4 Å². The first-order valence-electron chi connectivity index (χ1n) is 7.91. The van der Waals surface area contributed by atoms with Crippen molar-refractivity contribution in [2.24, 2.45) is 0 Å². The molecule has 0 bridgehead atoms. The van der Waals surface area contributed by atoms with Gasteiger partial charge in [-0.05, 0) is 19.1 Å². The summed E-state index contributed by atoms with van der Waals surface area (Å²) < 4.78 is 21.8. The van der Waals surface area contributed by atoms with E-state index in [1.807, 2.05) is 25.1 Å². The Morgan fingerprint density at radius 3 is 2.54 bits per heavy atom.